The summed E-state index contributed by atoms with van der Waals surface area (Å²) in [5, 5.41) is 10.7. The predicted octanol–water partition coefficient (Wildman–Crippen LogP) is 3.78. The molecule has 1 aliphatic heterocycles. The van der Waals surface area contributed by atoms with E-state index in [2.05, 4.69) is 11.8 Å². The number of carbonyl (C=O) groups is 1. The van der Waals surface area contributed by atoms with Crippen LogP contribution in [0.5, 0.6) is 0 Å². The quantitative estimate of drug-likeness (QED) is 0.617. The summed E-state index contributed by atoms with van der Waals surface area (Å²) in [5.41, 5.74) is 0.586. The number of carbonyl (C=O) groups excluding carboxylic acids is 1. The van der Waals surface area contributed by atoms with Crippen molar-refractivity contribution in [2.75, 3.05) is 0 Å². The molecule has 22 heavy (non-hydrogen) atoms. The molecule has 1 saturated heterocycles. The number of benzene rings is 1. The van der Waals surface area contributed by atoms with Gasteiger partial charge < -0.3 is 4.90 Å². The van der Waals surface area contributed by atoms with Crippen LogP contribution < -0.4 is 0 Å². The number of hydrogen-bond donors (Lipinski definition) is 0. The molecule has 1 amide bonds. The summed E-state index contributed by atoms with van der Waals surface area (Å²) in [7, 11) is 0. The van der Waals surface area contributed by atoms with Crippen molar-refractivity contribution in [3.05, 3.63) is 39.9 Å². The van der Waals surface area contributed by atoms with Gasteiger partial charge in [0.15, 0.2) is 0 Å². The third-order valence-electron chi connectivity index (χ3n) is 5.22. The minimum atomic E-state index is -0.436. The summed E-state index contributed by atoms with van der Waals surface area (Å²) in [5.74, 6) is 0.658. The topological polar surface area (TPSA) is 63.5 Å². The maximum atomic E-state index is 12.9. The summed E-state index contributed by atoms with van der Waals surface area (Å²) in [6.45, 7) is 2.12. The Balaban J connectivity index is 1.83. The molecule has 0 aromatic heterocycles. The van der Waals surface area contributed by atoms with Crippen LogP contribution in [0.15, 0.2) is 24.3 Å². The highest BCUT2D eigenvalue weighted by atomic mass is 16.6. The Hall–Kier alpha value is -1.91. The second-order valence-corrected chi connectivity index (χ2v) is 6.55. The molecular formula is C17H22N2O3. The van der Waals surface area contributed by atoms with Gasteiger partial charge in [-0.1, -0.05) is 12.8 Å². The number of nitro groups is 1. The van der Waals surface area contributed by atoms with Gasteiger partial charge in [0.25, 0.3) is 11.6 Å². The lowest BCUT2D eigenvalue weighted by Gasteiger charge is -2.47. The average Bonchev–Trinajstić information content (AvgIpc) is 2.54. The fourth-order valence-corrected chi connectivity index (χ4v) is 4.04. The average molecular weight is 302 g/mol. The second kappa shape index (κ2) is 6.07. The van der Waals surface area contributed by atoms with Crippen molar-refractivity contribution in [3.8, 4) is 0 Å². The number of rotatable bonds is 2. The van der Waals surface area contributed by atoms with Crippen LogP contribution in [0.25, 0.3) is 0 Å². The van der Waals surface area contributed by atoms with Crippen LogP contribution >= 0.6 is 0 Å². The molecule has 1 aromatic carbocycles. The lowest BCUT2D eigenvalue weighted by Crippen LogP contribution is -2.53. The third-order valence-corrected chi connectivity index (χ3v) is 5.22. The van der Waals surface area contributed by atoms with Gasteiger partial charge in [0, 0.05) is 29.8 Å². The van der Waals surface area contributed by atoms with Crippen molar-refractivity contribution in [1.29, 1.82) is 0 Å². The minimum absolute atomic E-state index is 0.0267. The highest BCUT2D eigenvalue weighted by molar-refractivity contribution is 5.95. The molecular weight excluding hydrogens is 280 g/mol. The molecule has 5 nitrogen and oxygen atoms in total. The molecule has 3 rings (SSSR count). The van der Waals surface area contributed by atoms with E-state index >= 15 is 0 Å². The van der Waals surface area contributed by atoms with Gasteiger partial charge in [0.2, 0.25) is 0 Å². The molecule has 0 unspecified atom stereocenters. The van der Waals surface area contributed by atoms with Gasteiger partial charge in [0.1, 0.15) is 0 Å². The highest BCUT2D eigenvalue weighted by Gasteiger charge is 2.39. The van der Waals surface area contributed by atoms with E-state index in [1.54, 1.807) is 12.1 Å². The molecule has 2 aliphatic rings. The first kappa shape index (κ1) is 15.0. The number of piperidine rings is 1. The van der Waals surface area contributed by atoms with Crippen LogP contribution in [0.1, 0.15) is 55.8 Å². The molecule has 1 saturated carbocycles. The molecule has 0 spiro atoms. The van der Waals surface area contributed by atoms with E-state index in [0.29, 0.717) is 17.5 Å². The molecule has 1 heterocycles. The Bertz CT molecular complexity index is 570. The van der Waals surface area contributed by atoms with Gasteiger partial charge in [-0.2, -0.15) is 0 Å². The van der Waals surface area contributed by atoms with Crippen molar-refractivity contribution < 1.29 is 9.72 Å². The highest BCUT2D eigenvalue weighted by Crippen LogP contribution is 2.38. The first-order valence-corrected chi connectivity index (χ1v) is 8.15. The number of amides is 1. The second-order valence-electron chi connectivity index (χ2n) is 6.55. The summed E-state index contributed by atoms with van der Waals surface area (Å²) < 4.78 is 0. The molecule has 1 aromatic rings. The molecule has 0 radical (unpaired) electrons. The van der Waals surface area contributed by atoms with Gasteiger partial charge in [-0.3, -0.25) is 14.9 Å². The number of likely N-dealkylation sites (tertiary alicyclic amines) is 1. The number of fused-ring (bicyclic) bond motifs is 1. The Labute approximate surface area is 130 Å². The number of nitro benzene ring substituents is 1. The van der Waals surface area contributed by atoms with Crippen LogP contribution in [0.4, 0.5) is 5.69 Å². The van der Waals surface area contributed by atoms with Gasteiger partial charge >= 0.3 is 0 Å². The first-order chi connectivity index (χ1) is 10.6. The summed E-state index contributed by atoms with van der Waals surface area (Å²) in [6.07, 6.45) is 7.05. The van der Waals surface area contributed by atoms with E-state index in [9.17, 15) is 14.9 Å². The monoisotopic (exact) mass is 302 g/mol. The van der Waals surface area contributed by atoms with E-state index in [1.807, 2.05) is 0 Å². The Morgan fingerprint density at radius 2 is 1.82 bits per heavy atom. The SMILES string of the molecule is C[C@@H]1CC[C@@H]2CCCC[C@H]2N1C(=O)c1ccc([N+](=O)[O-])cc1. The van der Waals surface area contributed by atoms with E-state index in [0.717, 1.165) is 12.8 Å². The van der Waals surface area contributed by atoms with E-state index in [4.69, 9.17) is 0 Å². The summed E-state index contributed by atoms with van der Waals surface area (Å²) in [6, 6.07) is 6.60. The Morgan fingerprint density at radius 3 is 2.50 bits per heavy atom. The van der Waals surface area contributed by atoms with Gasteiger partial charge in [-0.25, -0.2) is 0 Å². The van der Waals surface area contributed by atoms with Gasteiger partial charge in [0.05, 0.1) is 4.92 Å². The van der Waals surface area contributed by atoms with E-state index in [-0.39, 0.29) is 17.6 Å². The fourth-order valence-electron chi connectivity index (χ4n) is 4.04. The lowest BCUT2D eigenvalue weighted by molar-refractivity contribution is -0.384. The normalized spacial score (nSPS) is 28.0. The fraction of sp³-hybridized carbons (Fsp3) is 0.588. The molecule has 0 N–H and O–H groups in total. The zero-order valence-electron chi connectivity index (χ0n) is 12.9. The number of hydrogen-bond acceptors (Lipinski definition) is 3. The standard InChI is InChI=1S/C17H22N2O3/c1-12-6-7-13-4-2-3-5-16(13)18(12)17(20)14-8-10-15(11-9-14)19(21)22/h8-13,16H,2-7H2,1H3/t12-,13+,16-/m1/s1. The smallest absolute Gasteiger partial charge is 0.269 e. The molecule has 3 atom stereocenters. The van der Waals surface area contributed by atoms with Crippen LogP contribution in [-0.4, -0.2) is 27.8 Å². The Kier molecular flexibility index (Phi) is 4.14. The van der Waals surface area contributed by atoms with Crippen molar-refractivity contribution in [1.82, 2.24) is 4.90 Å². The van der Waals surface area contributed by atoms with Gasteiger partial charge in [-0.05, 0) is 50.7 Å². The molecule has 1 aliphatic carbocycles. The zero-order valence-corrected chi connectivity index (χ0v) is 12.9. The minimum Gasteiger partial charge on any atom is -0.333 e. The third kappa shape index (κ3) is 2.72. The molecule has 0 bridgehead atoms. The van der Waals surface area contributed by atoms with Crippen molar-refractivity contribution in [2.45, 2.75) is 57.5 Å². The van der Waals surface area contributed by atoms with E-state index < -0.39 is 4.92 Å². The largest absolute Gasteiger partial charge is 0.333 e. The Morgan fingerprint density at radius 1 is 1.14 bits per heavy atom. The predicted molar refractivity (Wildman–Crippen MR) is 83.7 cm³/mol. The summed E-state index contributed by atoms with van der Waals surface area (Å²) in [4.78, 5) is 25.3. The number of nitrogens with zero attached hydrogens (tertiary/aromatic N) is 2. The molecule has 2 fully saturated rings. The molecule has 118 valence electrons. The van der Waals surface area contributed by atoms with Crippen LogP contribution in [0.2, 0.25) is 0 Å². The maximum Gasteiger partial charge on any atom is 0.269 e. The van der Waals surface area contributed by atoms with Gasteiger partial charge in [-0.15, -0.1) is 0 Å². The first-order valence-electron chi connectivity index (χ1n) is 8.15. The maximum absolute atomic E-state index is 12.9. The van der Waals surface area contributed by atoms with Crippen molar-refractivity contribution >= 4 is 11.6 Å². The zero-order chi connectivity index (χ0) is 15.7. The van der Waals surface area contributed by atoms with Crippen molar-refractivity contribution in [2.24, 2.45) is 5.92 Å². The number of non-ortho nitro benzene ring substituents is 1. The van der Waals surface area contributed by atoms with Crippen LogP contribution in [0.3, 0.4) is 0 Å². The van der Waals surface area contributed by atoms with E-state index in [1.165, 1.54) is 37.8 Å². The molecule has 5 heteroatoms. The van der Waals surface area contributed by atoms with Crippen LogP contribution in [0, 0.1) is 16.0 Å². The summed E-state index contributed by atoms with van der Waals surface area (Å²) >= 11 is 0. The lowest BCUT2D eigenvalue weighted by atomic mass is 9.76. The van der Waals surface area contributed by atoms with Crippen molar-refractivity contribution in [3.63, 3.8) is 0 Å². The van der Waals surface area contributed by atoms with Crippen LogP contribution in [-0.2, 0) is 0 Å².